The first-order chi connectivity index (χ1) is 8.48. The van der Waals surface area contributed by atoms with Crippen LogP contribution in [0.5, 0.6) is 5.75 Å². The third kappa shape index (κ3) is 4.56. The van der Waals surface area contributed by atoms with Crippen molar-refractivity contribution in [2.45, 2.75) is 20.3 Å². The standard InChI is InChI=1S/C13H21NO3S/c1-4-18(15,16)9-5-8-14-12-6-7-13(17-3)11(2)10-12/h6-7,10,14H,4-5,8-9H2,1-3H3. The van der Waals surface area contributed by atoms with E-state index in [-0.39, 0.29) is 11.5 Å². The number of nitrogens with one attached hydrogen (secondary N) is 1. The normalized spacial score (nSPS) is 11.3. The Morgan fingerprint density at radius 1 is 1.33 bits per heavy atom. The lowest BCUT2D eigenvalue weighted by Crippen LogP contribution is -2.12. The molecule has 0 heterocycles. The molecule has 0 radical (unpaired) electrons. The molecule has 0 aromatic heterocycles. The van der Waals surface area contributed by atoms with Gasteiger partial charge < -0.3 is 10.1 Å². The Hall–Kier alpha value is -1.23. The Morgan fingerprint density at radius 3 is 2.61 bits per heavy atom. The second kappa shape index (κ2) is 6.64. The lowest BCUT2D eigenvalue weighted by Gasteiger charge is -2.09. The van der Waals surface area contributed by atoms with Crippen molar-refractivity contribution in [3.63, 3.8) is 0 Å². The quantitative estimate of drug-likeness (QED) is 0.773. The highest BCUT2D eigenvalue weighted by molar-refractivity contribution is 7.91. The molecule has 0 saturated heterocycles. The predicted octanol–water partition coefficient (Wildman–Crippen LogP) is 2.24. The number of methoxy groups -OCH3 is 1. The van der Waals surface area contributed by atoms with Gasteiger partial charge in [-0.1, -0.05) is 6.92 Å². The molecule has 4 nitrogen and oxygen atoms in total. The molecular weight excluding hydrogens is 250 g/mol. The Kier molecular flexibility index (Phi) is 5.47. The van der Waals surface area contributed by atoms with Crippen molar-refractivity contribution in [1.82, 2.24) is 0 Å². The van der Waals surface area contributed by atoms with Gasteiger partial charge in [-0.25, -0.2) is 8.42 Å². The van der Waals surface area contributed by atoms with E-state index in [0.29, 0.717) is 13.0 Å². The van der Waals surface area contributed by atoms with Gasteiger partial charge in [0.05, 0.1) is 12.9 Å². The van der Waals surface area contributed by atoms with Crippen molar-refractivity contribution in [2.75, 3.05) is 30.5 Å². The molecule has 18 heavy (non-hydrogen) atoms. The van der Waals surface area contributed by atoms with Crippen LogP contribution in [0.25, 0.3) is 0 Å². The van der Waals surface area contributed by atoms with Gasteiger partial charge in [-0.15, -0.1) is 0 Å². The molecule has 0 spiro atoms. The number of benzene rings is 1. The fourth-order valence-corrected chi connectivity index (χ4v) is 2.53. The molecule has 1 N–H and O–H groups in total. The highest BCUT2D eigenvalue weighted by Gasteiger charge is 2.06. The van der Waals surface area contributed by atoms with Crippen LogP contribution in [0.1, 0.15) is 18.9 Å². The molecule has 0 fully saturated rings. The average molecular weight is 271 g/mol. The van der Waals surface area contributed by atoms with Crippen molar-refractivity contribution in [3.8, 4) is 5.75 Å². The fraction of sp³-hybridized carbons (Fsp3) is 0.538. The molecule has 0 amide bonds. The number of hydrogen-bond donors (Lipinski definition) is 1. The molecular formula is C13H21NO3S. The maximum Gasteiger partial charge on any atom is 0.150 e. The second-order valence-corrected chi connectivity index (χ2v) is 6.67. The van der Waals surface area contributed by atoms with Crippen molar-refractivity contribution in [3.05, 3.63) is 23.8 Å². The summed E-state index contributed by atoms with van der Waals surface area (Å²) in [5.41, 5.74) is 2.05. The van der Waals surface area contributed by atoms with Crippen LogP contribution in [0.4, 0.5) is 5.69 Å². The first-order valence-electron chi connectivity index (χ1n) is 6.07. The van der Waals surface area contributed by atoms with Crippen LogP contribution < -0.4 is 10.1 Å². The van der Waals surface area contributed by atoms with Gasteiger partial charge in [0.15, 0.2) is 0 Å². The lowest BCUT2D eigenvalue weighted by molar-refractivity contribution is 0.412. The van der Waals surface area contributed by atoms with E-state index in [0.717, 1.165) is 17.0 Å². The highest BCUT2D eigenvalue weighted by Crippen LogP contribution is 2.21. The Balaban J connectivity index is 2.43. The van der Waals surface area contributed by atoms with Gasteiger partial charge in [0.2, 0.25) is 0 Å². The van der Waals surface area contributed by atoms with E-state index in [9.17, 15) is 8.42 Å². The summed E-state index contributed by atoms with van der Waals surface area (Å²) < 4.78 is 27.8. The summed E-state index contributed by atoms with van der Waals surface area (Å²) in [5, 5.41) is 3.21. The van der Waals surface area contributed by atoms with Gasteiger partial charge in [-0.2, -0.15) is 0 Å². The molecule has 0 atom stereocenters. The summed E-state index contributed by atoms with van der Waals surface area (Å²) in [5.74, 6) is 1.31. The first-order valence-corrected chi connectivity index (χ1v) is 7.89. The van der Waals surface area contributed by atoms with E-state index >= 15 is 0 Å². The van der Waals surface area contributed by atoms with Crippen LogP contribution >= 0.6 is 0 Å². The third-order valence-electron chi connectivity index (χ3n) is 2.80. The van der Waals surface area contributed by atoms with Crippen LogP contribution in [0.3, 0.4) is 0 Å². The second-order valence-electron chi connectivity index (χ2n) is 4.20. The molecule has 0 saturated carbocycles. The van der Waals surface area contributed by atoms with Gasteiger partial charge in [0.1, 0.15) is 15.6 Å². The highest BCUT2D eigenvalue weighted by atomic mass is 32.2. The average Bonchev–Trinajstić information content (AvgIpc) is 2.35. The SMILES string of the molecule is CCS(=O)(=O)CCCNc1ccc(OC)c(C)c1. The van der Waals surface area contributed by atoms with Gasteiger partial charge in [-0.05, 0) is 37.1 Å². The Labute approximate surface area is 109 Å². The van der Waals surface area contributed by atoms with E-state index < -0.39 is 9.84 Å². The van der Waals surface area contributed by atoms with E-state index in [4.69, 9.17) is 4.74 Å². The number of ether oxygens (including phenoxy) is 1. The molecule has 1 aromatic carbocycles. The summed E-state index contributed by atoms with van der Waals surface area (Å²) in [6.45, 7) is 4.31. The molecule has 5 heteroatoms. The van der Waals surface area contributed by atoms with Crippen molar-refractivity contribution in [1.29, 1.82) is 0 Å². The summed E-state index contributed by atoms with van der Waals surface area (Å²) >= 11 is 0. The predicted molar refractivity (Wildman–Crippen MR) is 75.2 cm³/mol. The zero-order chi connectivity index (χ0) is 13.6. The largest absolute Gasteiger partial charge is 0.496 e. The fourth-order valence-electron chi connectivity index (χ4n) is 1.66. The minimum atomic E-state index is -2.85. The van der Waals surface area contributed by atoms with Crippen LogP contribution in [0, 0.1) is 6.92 Å². The number of hydrogen-bond acceptors (Lipinski definition) is 4. The first kappa shape index (κ1) is 14.8. The van der Waals surface area contributed by atoms with Gasteiger partial charge in [0, 0.05) is 18.0 Å². The minimum Gasteiger partial charge on any atom is -0.496 e. The molecule has 1 rings (SSSR count). The van der Waals surface area contributed by atoms with E-state index in [1.807, 2.05) is 25.1 Å². The number of anilines is 1. The number of sulfone groups is 1. The van der Waals surface area contributed by atoms with Crippen molar-refractivity contribution in [2.24, 2.45) is 0 Å². The van der Waals surface area contributed by atoms with Crippen molar-refractivity contribution < 1.29 is 13.2 Å². The van der Waals surface area contributed by atoms with Gasteiger partial charge >= 0.3 is 0 Å². The van der Waals surface area contributed by atoms with Crippen LogP contribution in [-0.4, -0.2) is 33.6 Å². The maximum atomic E-state index is 11.3. The molecule has 0 aliphatic heterocycles. The summed E-state index contributed by atoms with van der Waals surface area (Å²) in [6.07, 6.45) is 0.626. The molecule has 0 bridgehead atoms. The zero-order valence-corrected chi connectivity index (χ0v) is 12.0. The van der Waals surface area contributed by atoms with E-state index in [2.05, 4.69) is 5.32 Å². The van der Waals surface area contributed by atoms with Crippen molar-refractivity contribution >= 4 is 15.5 Å². The molecule has 102 valence electrons. The topological polar surface area (TPSA) is 55.4 Å². The van der Waals surface area contributed by atoms with Crippen LogP contribution in [-0.2, 0) is 9.84 Å². The number of aryl methyl sites for hydroxylation is 1. The van der Waals surface area contributed by atoms with Gasteiger partial charge in [0.25, 0.3) is 0 Å². The van der Waals surface area contributed by atoms with Crippen LogP contribution in [0.15, 0.2) is 18.2 Å². The maximum absolute atomic E-state index is 11.3. The monoisotopic (exact) mass is 271 g/mol. The third-order valence-corrected chi connectivity index (χ3v) is 4.59. The minimum absolute atomic E-state index is 0.217. The summed E-state index contributed by atoms with van der Waals surface area (Å²) in [4.78, 5) is 0. The van der Waals surface area contributed by atoms with E-state index in [1.165, 1.54) is 0 Å². The van der Waals surface area contributed by atoms with Crippen LogP contribution in [0.2, 0.25) is 0 Å². The van der Waals surface area contributed by atoms with Gasteiger partial charge in [-0.3, -0.25) is 0 Å². The Bertz CT molecular complexity index is 483. The molecule has 0 aliphatic rings. The summed E-state index contributed by atoms with van der Waals surface area (Å²) in [6, 6.07) is 5.83. The zero-order valence-electron chi connectivity index (χ0n) is 11.2. The smallest absolute Gasteiger partial charge is 0.150 e. The number of rotatable bonds is 7. The molecule has 0 aliphatic carbocycles. The Morgan fingerprint density at radius 2 is 2.06 bits per heavy atom. The lowest BCUT2D eigenvalue weighted by atomic mass is 10.2. The molecule has 0 unspecified atom stereocenters. The van der Waals surface area contributed by atoms with E-state index in [1.54, 1.807) is 14.0 Å². The summed E-state index contributed by atoms with van der Waals surface area (Å²) in [7, 11) is -1.21. The molecule has 1 aromatic rings.